The van der Waals surface area contributed by atoms with Gasteiger partial charge in [-0.3, -0.25) is 14.5 Å². The molecule has 2 N–H and O–H groups in total. The second kappa shape index (κ2) is 4.77. The number of imide groups is 1. The van der Waals surface area contributed by atoms with E-state index in [2.05, 4.69) is 6.92 Å². The number of nitrogens with zero attached hydrogens (tertiary/aromatic N) is 1. The fourth-order valence-electron chi connectivity index (χ4n) is 3.38. The Morgan fingerprint density at radius 1 is 1.25 bits per heavy atom. The summed E-state index contributed by atoms with van der Waals surface area (Å²) in [7, 11) is 0. The molecule has 4 nitrogen and oxygen atoms in total. The van der Waals surface area contributed by atoms with E-state index in [9.17, 15) is 9.59 Å². The van der Waals surface area contributed by atoms with Crippen LogP contribution in [0.3, 0.4) is 0 Å². The molecule has 2 unspecified atom stereocenters. The molecule has 20 heavy (non-hydrogen) atoms. The van der Waals surface area contributed by atoms with Crippen molar-refractivity contribution in [1.29, 1.82) is 0 Å². The van der Waals surface area contributed by atoms with E-state index in [0.717, 1.165) is 18.4 Å². The number of hydrogen-bond acceptors (Lipinski definition) is 3. The Kier molecular flexibility index (Phi) is 3.21. The maximum Gasteiger partial charge on any atom is 0.233 e. The number of likely N-dealkylation sites (tertiary alicyclic amines) is 1. The van der Waals surface area contributed by atoms with Crippen LogP contribution in [0.1, 0.15) is 25.3 Å². The molecule has 1 heterocycles. The summed E-state index contributed by atoms with van der Waals surface area (Å²) in [6.45, 7) is 2.39. The Hall–Kier alpha value is -1.55. The van der Waals surface area contributed by atoms with Crippen LogP contribution in [0, 0.1) is 17.8 Å². The van der Waals surface area contributed by atoms with E-state index in [4.69, 9.17) is 17.3 Å². The van der Waals surface area contributed by atoms with E-state index in [1.165, 1.54) is 4.90 Å². The Morgan fingerprint density at radius 3 is 2.40 bits per heavy atom. The zero-order valence-corrected chi connectivity index (χ0v) is 12.1. The van der Waals surface area contributed by atoms with Crippen LogP contribution in [0.15, 0.2) is 18.2 Å². The van der Waals surface area contributed by atoms with Gasteiger partial charge in [0, 0.05) is 0 Å². The van der Waals surface area contributed by atoms with Gasteiger partial charge >= 0.3 is 0 Å². The number of amides is 2. The summed E-state index contributed by atoms with van der Waals surface area (Å²) in [4.78, 5) is 26.1. The van der Waals surface area contributed by atoms with Gasteiger partial charge < -0.3 is 5.73 Å². The van der Waals surface area contributed by atoms with Crippen LogP contribution in [0.25, 0.3) is 0 Å². The van der Waals surface area contributed by atoms with Crippen molar-refractivity contribution in [3.05, 3.63) is 28.8 Å². The number of nitrogen functional groups attached to an aromatic ring is 1. The summed E-state index contributed by atoms with van der Waals surface area (Å²) in [6, 6.07) is 5.22. The van der Waals surface area contributed by atoms with Crippen molar-refractivity contribution < 1.29 is 9.59 Å². The minimum absolute atomic E-state index is 0.0297. The van der Waals surface area contributed by atoms with E-state index in [1.54, 1.807) is 18.2 Å². The van der Waals surface area contributed by atoms with Crippen LogP contribution < -0.4 is 5.73 Å². The molecule has 0 aromatic heterocycles. The third-order valence-electron chi connectivity index (χ3n) is 4.37. The van der Waals surface area contributed by atoms with Crippen molar-refractivity contribution in [3.63, 3.8) is 0 Å². The van der Waals surface area contributed by atoms with Crippen molar-refractivity contribution in [3.8, 4) is 0 Å². The minimum Gasteiger partial charge on any atom is -0.398 e. The zero-order valence-electron chi connectivity index (χ0n) is 11.3. The van der Waals surface area contributed by atoms with Gasteiger partial charge in [-0.05, 0) is 36.5 Å². The number of anilines is 1. The molecule has 1 saturated heterocycles. The molecule has 106 valence electrons. The standard InChI is InChI=1S/C15H17ClN2O2/c1-8-4-10-11(5-8)15(20)18(14(10)19)7-9-2-3-12(16)13(17)6-9/h2-3,6,8,10-11H,4-5,7,17H2,1H3. The van der Waals surface area contributed by atoms with Gasteiger partial charge in [0.1, 0.15) is 0 Å². The summed E-state index contributed by atoms with van der Waals surface area (Å²) in [5.74, 6) is 0.186. The van der Waals surface area contributed by atoms with Crippen molar-refractivity contribution in [1.82, 2.24) is 4.90 Å². The molecule has 2 aliphatic rings. The lowest BCUT2D eigenvalue weighted by Gasteiger charge is -2.17. The predicted octanol–water partition coefficient (Wildman–Crippen LogP) is 2.45. The van der Waals surface area contributed by atoms with Crippen molar-refractivity contribution in [2.24, 2.45) is 17.8 Å². The normalized spacial score (nSPS) is 29.1. The molecule has 1 aromatic rings. The quantitative estimate of drug-likeness (QED) is 0.673. The molecule has 1 aromatic carbocycles. The predicted molar refractivity (Wildman–Crippen MR) is 76.8 cm³/mol. The highest BCUT2D eigenvalue weighted by molar-refractivity contribution is 6.33. The summed E-state index contributed by atoms with van der Waals surface area (Å²) in [6.07, 6.45) is 1.66. The number of carbonyl (C=O) groups excluding carboxylic acids is 2. The molecule has 5 heteroatoms. The van der Waals surface area contributed by atoms with E-state index < -0.39 is 0 Å². The lowest BCUT2D eigenvalue weighted by atomic mass is 10.00. The molecule has 0 bridgehead atoms. The van der Waals surface area contributed by atoms with Crippen LogP contribution in [-0.2, 0) is 16.1 Å². The van der Waals surface area contributed by atoms with Gasteiger partial charge in [-0.2, -0.15) is 0 Å². The number of rotatable bonds is 2. The van der Waals surface area contributed by atoms with E-state index in [-0.39, 0.29) is 23.7 Å². The lowest BCUT2D eigenvalue weighted by molar-refractivity contribution is -0.141. The van der Waals surface area contributed by atoms with Crippen LogP contribution in [0.2, 0.25) is 5.02 Å². The fraction of sp³-hybridized carbons (Fsp3) is 0.467. The number of hydrogen-bond donors (Lipinski definition) is 1. The minimum atomic E-state index is -0.109. The first kappa shape index (κ1) is 13.4. The molecule has 2 amide bonds. The Labute approximate surface area is 122 Å². The molecule has 3 rings (SSSR count). The van der Waals surface area contributed by atoms with E-state index >= 15 is 0 Å². The van der Waals surface area contributed by atoms with E-state index in [1.807, 2.05) is 0 Å². The smallest absolute Gasteiger partial charge is 0.233 e. The van der Waals surface area contributed by atoms with E-state index in [0.29, 0.717) is 23.2 Å². The van der Waals surface area contributed by atoms with Gasteiger partial charge in [0.05, 0.1) is 29.1 Å². The second-order valence-corrected chi connectivity index (χ2v) is 6.32. The highest BCUT2D eigenvalue weighted by atomic mass is 35.5. The average Bonchev–Trinajstić information content (AvgIpc) is 2.88. The topological polar surface area (TPSA) is 63.4 Å². The average molecular weight is 293 g/mol. The summed E-state index contributed by atoms with van der Waals surface area (Å²) < 4.78 is 0. The third-order valence-corrected chi connectivity index (χ3v) is 4.71. The molecular weight excluding hydrogens is 276 g/mol. The lowest BCUT2D eigenvalue weighted by Crippen LogP contribution is -2.31. The highest BCUT2D eigenvalue weighted by Gasteiger charge is 2.51. The van der Waals surface area contributed by atoms with Gasteiger partial charge in [-0.25, -0.2) is 0 Å². The Bertz CT molecular complexity index is 563. The SMILES string of the molecule is CC1CC2C(=O)N(Cc3ccc(Cl)c(N)c3)C(=O)C2C1. The van der Waals surface area contributed by atoms with Crippen LogP contribution in [0.5, 0.6) is 0 Å². The molecular formula is C15H17ClN2O2. The molecule has 2 atom stereocenters. The molecule has 1 saturated carbocycles. The van der Waals surface area contributed by atoms with Gasteiger partial charge in [0.2, 0.25) is 11.8 Å². The monoisotopic (exact) mass is 292 g/mol. The largest absolute Gasteiger partial charge is 0.398 e. The maximum atomic E-state index is 12.3. The Balaban J connectivity index is 1.80. The van der Waals surface area contributed by atoms with Gasteiger partial charge in [-0.15, -0.1) is 0 Å². The molecule has 2 fully saturated rings. The molecule has 1 aliphatic heterocycles. The summed E-state index contributed by atoms with van der Waals surface area (Å²) in [5.41, 5.74) is 7.06. The maximum absolute atomic E-state index is 12.3. The van der Waals surface area contributed by atoms with Gasteiger partial charge in [0.25, 0.3) is 0 Å². The van der Waals surface area contributed by atoms with Crippen molar-refractivity contribution in [2.45, 2.75) is 26.3 Å². The van der Waals surface area contributed by atoms with Gasteiger partial charge in [-0.1, -0.05) is 24.6 Å². The van der Waals surface area contributed by atoms with Crippen molar-refractivity contribution in [2.75, 3.05) is 5.73 Å². The fourth-order valence-corrected chi connectivity index (χ4v) is 3.49. The first-order chi connectivity index (χ1) is 9.47. The van der Waals surface area contributed by atoms with Crippen LogP contribution >= 0.6 is 11.6 Å². The highest BCUT2D eigenvalue weighted by Crippen LogP contribution is 2.43. The summed E-state index contributed by atoms with van der Waals surface area (Å²) in [5, 5.41) is 0.485. The number of fused-ring (bicyclic) bond motifs is 1. The third kappa shape index (κ3) is 2.08. The second-order valence-electron chi connectivity index (χ2n) is 5.91. The number of nitrogens with two attached hydrogens (primary N) is 1. The zero-order chi connectivity index (χ0) is 14.4. The number of carbonyl (C=O) groups is 2. The number of halogens is 1. The first-order valence-corrected chi connectivity index (χ1v) is 7.24. The summed E-state index contributed by atoms with van der Waals surface area (Å²) >= 11 is 5.88. The molecule has 0 spiro atoms. The van der Waals surface area contributed by atoms with Gasteiger partial charge in [0.15, 0.2) is 0 Å². The molecule has 1 aliphatic carbocycles. The Morgan fingerprint density at radius 2 is 1.85 bits per heavy atom. The van der Waals surface area contributed by atoms with Crippen LogP contribution in [-0.4, -0.2) is 16.7 Å². The number of benzene rings is 1. The van der Waals surface area contributed by atoms with Crippen LogP contribution in [0.4, 0.5) is 5.69 Å². The van der Waals surface area contributed by atoms with Crippen molar-refractivity contribution >= 4 is 29.1 Å². The first-order valence-electron chi connectivity index (χ1n) is 6.86. The molecule has 0 radical (unpaired) electrons.